The van der Waals surface area contributed by atoms with Crippen molar-refractivity contribution in [2.45, 2.75) is 38.3 Å². The summed E-state index contributed by atoms with van der Waals surface area (Å²) in [4.78, 5) is 0. The predicted octanol–water partition coefficient (Wildman–Crippen LogP) is 0.844. The highest BCUT2D eigenvalue weighted by molar-refractivity contribution is 4.79. The van der Waals surface area contributed by atoms with Crippen LogP contribution in [0.4, 0.5) is 0 Å². The number of hydrogen-bond donors (Lipinski definition) is 2. The van der Waals surface area contributed by atoms with Crippen molar-refractivity contribution in [3.8, 4) is 0 Å². The summed E-state index contributed by atoms with van der Waals surface area (Å²) in [6, 6.07) is 0. The molecule has 0 amide bonds. The lowest BCUT2D eigenvalue weighted by Gasteiger charge is -2.24. The second kappa shape index (κ2) is 2.27. The van der Waals surface area contributed by atoms with Crippen molar-refractivity contribution >= 4 is 0 Å². The molecule has 54 valence electrons. The third-order valence-corrected chi connectivity index (χ3v) is 2.18. The van der Waals surface area contributed by atoms with Gasteiger partial charge in [0, 0.05) is 5.92 Å². The van der Waals surface area contributed by atoms with Crippen molar-refractivity contribution in [1.29, 1.82) is 0 Å². The fourth-order valence-corrected chi connectivity index (χ4v) is 1.51. The Morgan fingerprint density at radius 3 is 2.11 bits per heavy atom. The van der Waals surface area contributed by atoms with Crippen LogP contribution in [0.3, 0.4) is 0 Å². The van der Waals surface area contributed by atoms with Crippen molar-refractivity contribution in [2.75, 3.05) is 0 Å². The van der Waals surface area contributed by atoms with Crippen LogP contribution in [-0.2, 0) is 0 Å². The summed E-state index contributed by atoms with van der Waals surface area (Å²) < 4.78 is 0. The highest BCUT2D eigenvalue weighted by Crippen LogP contribution is 2.30. The van der Waals surface area contributed by atoms with E-state index in [2.05, 4.69) is 0 Å². The van der Waals surface area contributed by atoms with Crippen LogP contribution in [0.25, 0.3) is 0 Å². The molecule has 0 heterocycles. The van der Waals surface area contributed by atoms with Gasteiger partial charge in [0.1, 0.15) is 5.72 Å². The van der Waals surface area contributed by atoms with Crippen LogP contribution in [0.15, 0.2) is 0 Å². The van der Waals surface area contributed by atoms with Gasteiger partial charge in [0.05, 0.1) is 0 Å². The third-order valence-electron chi connectivity index (χ3n) is 2.18. The van der Waals surface area contributed by atoms with Gasteiger partial charge in [-0.25, -0.2) is 0 Å². The largest absolute Gasteiger partial charge is 0.376 e. The standard InChI is InChI=1S/C7H15NO/c1-7(8,9)6-4-2-3-5-6/h6,9H,2-5,8H2,1H3. The van der Waals surface area contributed by atoms with E-state index in [1.54, 1.807) is 6.92 Å². The highest BCUT2D eigenvalue weighted by atomic mass is 16.3. The zero-order chi connectivity index (χ0) is 6.91. The van der Waals surface area contributed by atoms with Crippen LogP contribution < -0.4 is 5.73 Å². The molecule has 1 aliphatic rings. The molecule has 1 unspecified atom stereocenters. The molecule has 0 aliphatic heterocycles. The van der Waals surface area contributed by atoms with E-state index in [0.717, 1.165) is 12.8 Å². The average Bonchev–Trinajstić information content (AvgIpc) is 2.08. The Bertz CT molecular complexity index is 89.6. The zero-order valence-corrected chi connectivity index (χ0v) is 5.93. The second-order valence-corrected chi connectivity index (χ2v) is 3.21. The zero-order valence-electron chi connectivity index (χ0n) is 5.93. The highest BCUT2D eigenvalue weighted by Gasteiger charge is 2.29. The first kappa shape index (κ1) is 7.03. The van der Waals surface area contributed by atoms with Crippen LogP contribution in [0, 0.1) is 5.92 Å². The summed E-state index contributed by atoms with van der Waals surface area (Å²) in [5, 5.41) is 9.30. The molecule has 1 rings (SSSR count). The van der Waals surface area contributed by atoms with E-state index in [-0.39, 0.29) is 0 Å². The minimum absolute atomic E-state index is 0.345. The molecule has 9 heavy (non-hydrogen) atoms. The minimum Gasteiger partial charge on any atom is -0.376 e. The molecule has 1 saturated carbocycles. The number of aliphatic hydroxyl groups is 1. The normalized spacial score (nSPS) is 28.3. The first-order chi connectivity index (χ1) is 4.11. The van der Waals surface area contributed by atoms with Gasteiger partial charge in [-0.2, -0.15) is 0 Å². The molecule has 1 aliphatic carbocycles. The van der Waals surface area contributed by atoms with E-state index in [0.29, 0.717) is 5.92 Å². The SMILES string of the molecule is CC(N)(O)C1CCCC1. The van der Waals surface area contributed by atoms with Crippen molar-refractivity contribution in [2.24, 2.45) is 11.7 Å². The van der Waals surface area contributed by atoms with Gasteiger partial charge < -0.3 is 10.8 Å². The fraction of sp³-hybridized carbons (Fsp3) is 1.00. The predicted molar refractivity (Wildman–Crippen MR) is 36.8 cm³/mol. The van der Waals surface area contributed by atoms with Gasteiger partial charge in [0.15, 0.2) is 0 Å². The minimum atomic E-state index is -0.920. The Morgan fingerprint density at radius 1 is 1.44 bits per heavy atom. The smallest absolute Gasteiger partial charge is 0.113 e. The molecular formula is C7H15NO. The summed E-state index contributed by atoms with van der Waals surface area (Å²) in [6.07, 6.45) is 4.67. The topological polar surface area (TPSA) is 46.2 Å². The molecule has 0 bridgehead atoms. The van der Waals surface area contributed by atoms with E-state index in [1.807, 2.05) is 0 Å². The Hall–Kier alpha value is -0.0800. The molecule has 0 radical (unpaired) electrons. The average molecular weight is 129 g/mol. The maximum Gasteiger partial charge on any atom is 0.113 e. The molecule has 3 N–H and O–H groups in total. The molecule has 0 aromatic carbocycles. The van der Waals surface area contributed by atoms with Crippen LogP contribution >= 0.6 is 0 Å². The molecule has 0 saturated heterocycles. The summed E-state index contributed by atoms with van der Waals surface area (Å²) in [5.41, 5.74) is 4.58. The van der Waals surface area contributed by atoms with E-state index < -0.39 is 5.72 Å². The number of hydrogen-bond acceptors (Lipinski definition) is 2. The fourth-order valence-electron chi connectivity index (χ4n) is 1.51. The molecule has 1 atom stereocenters. The third kappa shape index (κ3) is 1.66. The molecule has 0 spiro atoms. The summed E-state index contributed by atoms with van der Waals surface area (Å²) in [6.45, 7) is 1.70. The Morgan fingerprint density at radius 2 is 1.89 bits per heavy atom. The van der Waals surface area contributed by atoms with Crippen molar-refractivity contribution in [3.63, 3.8) is 0 Å². The van der Waals surface area contributed by atoms with Gasteiger partial charge in [-0.15, -0.1) is 0 Å². The molecule has 0 aromatic heterocycles. The maximum absolute atomic E-state index is 9.30. The number of rotatable bonds is 1. The first-order valence-corrected chi connectivity index (χ1v) is 3.62. The Labute approximate surface area is 56.1 Å². The quantitative estimate of drug-likeness (QED) is 0.515. The van der Waals surface area contributed by atoms with Crippen molar-refractivity contribution in [3.05, 3.63) is 0 Å². The van der Waals surface area contributed by atoms with Gasteiger partial charge in [-0.3, -0.25) is 0 Å². The van der Waals surface area contributed by atoms with Gasteiger partial charge >= 0.3 is 0 Å². The Balaban J connectivity index is 2.42. The Kier molecular flexibility index (Phi) is 1.78. The van der Waals surface area contributed by atoms with Crippen LogP contribution in [0.1, 0.15) is 32.6 Å². The lowest BCUT2D eigenvalue weighted by Crippen LogP contribution is -2.42. The van der Waals surface area contributed by atoms with Crippen LogP contribution in [0.5, 0.6) is 0 Å². The lowest BCUT2D eigenvalue weighted by molar-refractivity contribution is 0.00777. The first-order valence-electron chi connectivity index (χ1n) is 3.62. The van der Waals surface area contributed by atoms with Crippen molar-refractivity contribution in [1.82, 2.24) is 0 Å². The van der Waals surface area contributed by atoms with Gasteiger partial charge in [0.2, 0.25) is 0 Å². The van der Waals surface area contributed by atoms with Gasteiger partial charge in [-0.05, 0) is 19.8 Å². The van der Waals surface area contributed by atoms with Gasteiger partial charge in [-0.1, -0.05) is 12.8 Å². The van der Waals surface area contributed by atoms with E-state index >= 15 is 0 Å². The van der Waals surface area contributed by atoms with E-state index in [4.69, 9.17) is 5.73 Å². The molecule has 2 nitrogen and oxygen atoms in total. The van der Waals surface area contributed by atoms with E-state index in [1.165, 1.54) is 12.8 Å². The lowest BCUT2D eigenvalue weighted by atomic mass is 9.97. The monoisotopic (exact) mass is 129 g/mol. The molecular weight excluding hydrogens is 114 g/mol. The summed E-state index contributed by atoms with van der Waals surface area (Å²) in [5.74, 6) is 0.345. The second-order valence-electron chi connectivity index (χ2n) is 3.21. The number of nitrogens with two attached hydrogens (primary N) is 1. The summed E-state index contributed by atoms with van der Waals surface area (Å²) >= 11 is 0. The van der Waals surface area contributed by atoms with E-state index in [9.17, 15) is 5.11 Å². The van der Waals surface area contributed by atoms with Crippen LogP contribution in [-0.4, -0.2) is 10.8 Å². The molecule has 0 aromatic rings. The summed E-state index contributed by atoms with van der Waals surface area (Å²) in [7, 11) is 0. The van der Waals surface area contributed by atoms with Crippen molar-refractivity contribution < 1.29 is 5.11 Å². The van der Waals surface area contributed by atoms with Gasteiger partial charge in [0.25, 0.3) is 0 Å². The molecule has 2 heteroatoms. The maximum atomic E-state index is 9.30. The molecule has 1 fully saturated rings. The van der Waals surface area contributed by atoms with Crippen LogP contribution in [0.2, 0.25) is 0 Å².